The van der Waals surface area contributed by atoms with E-state index in [9.17, 15) is 9.18 Å². The smallest absolute Gasteiger partial charge is 0.224 e. The Kier molecular flexibility index (Phi) is 4.76. The van der Waals surface area contributed by atoms with Crippen molar-refractivity contribution in [3.05, 3.63) is 53.5 Å². The lowest BCUT2D eigenvalue weighted by Gasteiger charge is -2.21. The van der Waals surface area contributed by atoms with E-state index in [0.717, 1.165) is 16.9 Å². The maximum absolute atomic E-state index is 13.7. The predicted molar refractivity (Wildman–Crippen MR) is 92.4 cm³/mol. The summed E-state index contributed by atoms with van der Waals surface area (Å²) in [5.74, 6) is 0.557. The number of anilines is 2. The maximum atomic E-state index is 13.7. The molecule has 2 heterocycles. The fraction of sp³-hybridized carbons (Fsp3) is 0.333. The summed E-state index contributed by atoms with van der Waals surface area (Å²) in [7, 11) is 3.90. The monoisotopic (exact) mass is 328 g/mol. The van der Waals surface area contributed by atoms with Crippen LogP contribution in [-0.4, -0.2) is 25.0 Å². The lowest BCUT2D eigenvalue weighted by atomic mass is 10.0. The molecule has 0 radical (unpaired) electrons. The molecule has 1 aliphatic heterocycles. The van der Waals surface area contributed by atoms with E-state index in [2.05, 4.69) is 15.6 Å². The summed E-state index contributed by atoms with van der Waals surface area (Å²) >= 11 is 0. The number of pyridine rings is 1. The highest BCUT2D eigenvalue weighted by atomic mass is 19.1. The number of nitrogens with one attached hydrogen (secondary N) is 2. The topological polar surface area (TPSA) is 57.3 Å². The zero-order valence-electron chi connectivity index (χ0n) is 13.8. The Labute approximate surface area is 140 Å². The van der Waals surface area contributed by atoms with Gasteiger partial charge < -0.3 is 15.5 Å². The van der Waals surface area contributed by atoms with Crippen LogP contribution in [0.3, 0.4) is 0 Å². The molecule has 0 saturated carbocycles. The molecule has 0 fully saturated rings. The highest BCUT2D eigenvalue weighted by molar-refractivity contribution is 5.92. The molecule has 1 aromatic carbocycles. The van der Waals surface area contributed by atoms with E-state index in [-0.39, 0.29) is 17.8 Å². The van der Waals surface area contributed by atoms with E-state index in [1.807, 2.05) is 31.1 Å². The van der Waals surface area contributed by atoms with E-state index in [1.54, 1.807) is 12.3 Å². The summed E-state index contributed by atoms with van der Waals surface area (Å²) in [6.07, 6.45) is 2.79. The van der Waals surface area contributed by atoms with E-state index >= 15 is 0 Å². The highest BCUT2D eigenvalue weighted by Gasteiger charge is 2.22. The van der Waals surface area contributed by atoms with Gasteiger partial charge in [-0.2, -0.15) is 0 Å². The number of rotatable bonds is 4. The second-order valence-corrected chi connectivity index (χ2v) is 6.13. The fourth-order valence-electron chi connectivity index (χ4n) is 3.00. The standard InChI is InChI=1S/C18H21FN4O/c1-23(2)18-12(4-3-9-20-18)11-21-15-7-8-17(24)22-16-6-5-13(19)10-14(15)16/h3-6,9-10,15,21H,7-8,11H2,1-2H3,(H,22,24). The second kappa shape index (κ2) is 6.97. The lowest BCUT2D eigenvalue weighted by Crippen LogP contribution is -2.23. The molecule has 0 bridgehead atoms. The lowest BCUT2D eigenvalue weighted by molar-refractivity contribution is -0.116. The van der Waals surface area contributed by atoms with Crippen molar-refractivity contribution < 1.29 is 9.18 Å². The van der Waals surface area contributed by atoms with Gasteiger partial charge >= 0.3 is 0 Å². The first-order valence-corrected chi connectivity index (χ1v) is 7.98. The summed E-state index contributed by atoms with van der Waals surface area (Å²) < 4.78 is 13.7. The molecule has 0 aliphatic carbocycles. The van der Waals surface area contributed by atoms with Crippen LogP contribution in [0.25, 0.3) is 0 Å². The molecule has 0 saturated heterocycles. The number of nitrogens with zero attached hydrogens (tertiary/aromatic N) is 2. The first-order chi connectivity index (χ1) is 11.5. The van der Waals surface area contributed by atoms with E-state index < -0.39 is 0 Å². The molecular weight excluding hydrogens is 307 g/mol. The minimum atomic E-state index is -0.299. The van der Waals surface area contributed by atoms with Crippen molar-refractivity contribution in [2.45, 2.75) is 25.4 Å². The quantitative estimate of drug-likeness (QED) is 0.906. The third-order valence-corrected chi connectivity index (χ3v) is 4.15. The van der Waals surface area contributed by atoms with Crippen molar-refractivity contribution in [3.63, 3.8) is 0 Å². The molecule has 1 amide bonds. The van der Waals surface area contributed by atoms with Crippen molar-refractivity contribution in [3.8, 4) is 0 Å². The van der Waals surface area contributed by atoms with E-state index in [0.29, 0.717) is 25.1 Å². The number of amides is 1. The molecule has 2 aromatic rings. The third kappa shape index (κ3) is 3.54. The van der Waals surface area contributed by atoms with Gasteiger partial charge in [0, 0.05) is 50.6 Å². The van der Waals surface area contributed by atoms with Gasteiger partial charge in [-0.15, -0.1) is 0 Å². The molecule has 24 heavy (non-hydrogen) atoms. The van der Waals surface area contributed by atoms with Gasteiger partial charge in [-0.25, -0.2) is 9.37 Å². The number of halogens is 1. The molecule has 1 aromatic heterocycles. The van der Waals surface area contributed by atoms with Gasteiger partial charge in [0.1, 0.15) is 11.6 Å². The van der Waals surface area contributed by atoms with Crippen LogP contribution in [0.15, 0.2) is 36.5 Å². The van der Waals surface area contributed by atoms with Crippen molar-refractivity contribution in [2.75, 3.05) is 24.3 Å². The Morgan fingerprint density at radius 2 is 2.21 bits per heavy atom. The van der Waals surface area contributed by atoms with Gasteiger partial charge in [0.05, 0.1) is 0 Å². The zero-order valence-corrected chi connectivity index (χ0v) is 13.8. The number of fused-ring (bicyclic) bond motifs is 1. The first kappa shape index (κ1) is 16.4. The summed E-state index contributed by atoms with van der Waals surface area (Å²) in [6, 6.07) is 8.31. The van der Waals surface area contributed by atoms with Crippen LogP contribution in [0.4, 0.5) is 15.9 Å². The Morgan fingerprint density at radius 3 is 3.00 bits per heavy atom. The largest absolute Gasteiger partial charge is 0.362 e. The Morgan fingerprint density at radius 1 is 1.38 bits per heavy atom. The summed E-state index contributed by atoms with van der Waals surface area (Å²) in [5, 5.41) is 6.29. The SMILES string of the molecule is CN(C)c1ncccc1CNC1CCC(=O)Nc2ccc(F)cc21. The summed E-state index contributed by atoms with van der Waals surface area (Å²) in [6.45, 7) is 0.593. The van der Waals surface area contributed by atoms with Crippen LogP contribution in [0.5, 0.6) is 0 Å². The minimum absolute atomic E-state index is 0.0393. The Hall–Kier alpha value is -2.47. The van der Waals surface area contributed by atoms with Gasteiger partial charge in [-0.1, -0.05) is 6.07 Å². The average Bonchev–Trinajstić information content (AvgIpc) is 2.71. The minimum Gasteiger partial charge on any atom is -0.362 e. The number of carbonyl (C=O) groups excluding carboxylic acids is 1. The Balaban J connectivity index is 1.83. The van der Waals surface area contributed by atoms with Gasteiger partial charge in [-0.3, -0.25) is 4.79 Å². The van der Waals surface area contributed by atoms with E-state index in [1.165, 1.54) is 12.1 Å². The number of hydrogen-bond donors (Lipinski definition) is 2. The second-order valence-electron chi connectivity index (χ2n) is 6.13. The maximum Gasteiger partial charge on any atom is 0.224 e. The van der Waals surface area contributed by atoms with Crippen LogP contribution < -0.4 is 15.5 Å². The van der Waals surface area contributed by atoms with Crippen molar-refractivity contribution >= 4 is 17.4 Å². The number of carbonyl (C=O) groups is 1. The molecule has 0 spiro atoms. The third-order valence-electron chi connectivity index (χ3n) is 4.15. The molecule has 5 nitrogen and oxygen atoms in total. The molecule has 1 aliphatic rings. The zero-order chi connectivity index (χ0) is 17.1. The fourth-order valence-corrected chi connectivity index (χ4v) is 3.00. The molecular formula is C18H21FN4O. The molecule has 2 N–H and O–H groups in total. The number of benzene rings is 1. The molecule has 3 rings (SSSR count). The highest BCUT2D eigenvalue weighted by Crippen LogP contribution is 2.31. The Bertz CT molecular complexity index is 748. The first-order valence-electron chi connectivity index (χ1n) is 7.98. The van der Waals surface area contributed by atoms with Crippen molar-refractivity contribution in [1.82, 2.24) is 10.3 Å². The van der Waals surface area contributed by atoms with Crippen molar-refractivity contribution in [2.24, 2.45) is 0 Å². The van der Waals surface area contributed by atoms with Gasteiger partial charge in [0.15, 0.2) is 0 Å². The van der Waals surface area contributed by atoms with Crippen LogP contribution in [0.1, 0.15) is 30.0 Å². The molecule has 6 heteroatoms. The van der Waals surface area contributed by atoms with Gasteiger partial charge in [-0.05, 0) is 36.2 Å². The van der Waals surface area contributed by atoms with Crippen molar-refractivity contribution in [1.29, 1.82) is 0 Å². The van der Waals surface area contributed by atoms with Crippen LogP contribution in [0, 0.1) is 5.82 Å². The van der Waals surface area contributed by atoms with Crippen LogP contribution in [-0.2, 0) is 11.3 Å². The number of aromatic nitrogens is 1. The molecule has 1 unspecified atom stereocenters. The normalized spacial score (nSPS) is 17.0. The molecule has 126 valence electrons. The predicted octanol–water partition coefficient (Wildman–Crippen LogP) is 2.85. The number of hydrogen-bond acceptors (Lipinski definition) is 4. The average molecular weight is 328 g/mol. The van der Waals surface area contributed by atoms with Crippen LogP contribution in [0.2, 0.25) is 0 Å². The van der Waals surface area contributed by atoms with Gasteiger partial charge in [0.2, 0.25) is 5.91 Å². The van der Waals surface area contributed by atoms with E-state index in [4.69, 9.17) is 0 Å². The molecule has 1 atom stereocenters. The van der Waals surface area contributed by atoms with Gasteiger partial charge in [0.25, 0.3) is 0 Å². The van der Waals surface area contributed by atoms with Crippen LogP contribution >= 0.6 is 0 Å². The summed E-state index contributed by atoms with van der Waals surface area (Å²) in [4.78, 5) is 18.2. The summed E-state index contributed by atoms with van der Waals surface area (Å²) in [5.41, 5.74) is 2.52.